The Balaban J connectivity index is 0. The van der Waals surface area contributed by atoms with Gasteiger partial charge in [0.1, 0.15) is 6.42 Å². The number of carboxylic acids is 1. The van der Waals surface area contributed by atoms with Gasteiger partial charge in [0.2, 0.25) is 5.91 Å². The molecule has 0 aromatic carbocycles. The van der Waals surface area contributed by atoms with Gasteiger partial charge in [-0.3, -0.25) is 9.59 Å². The molecule has 16 heavy (non-hydrogen) atoms. The van der Waals surface area contributed by atoms with E-state index in [1.165, 1.54) is 32.4 Å². The molecule has 1 amide bonds. The predicted octanol–water partition coefficient (Wildman–Crippen LogP) is 0.236. The standard InChI is InChI=1S/C5H11N.C3H4N2O.C2H4O2/c1-2-4-6-5-3-1;4-2-1-3(5)6;1-2(3)4/h6H,1-5H2;1H2,(H2,5,6);1H3,(H,3,4). The van der Waals surface area contributed by atoms with Crippen LogP contribution in [0.5, 0.6) is 0 Å². The van der Waals surface area contributed by atoms with Crippen molar-refractivity contribution < 1.29 is 14.7 Å². The highest BCUT2D eigenvalue weighted by Gasteiger charge is 1.93. The summed E-state index contributed by atoms with van der Waals surface area (Å²) in [5.74, 6) is -1.41. The molecule has 6 heteroatoms. The minimum Gasteiger partial charge on any atom is -0.481 e. The van der Waals surface area contributed by atoms with Crippen molar-refractivity contribution in [3.8, 4) is 6.07 Å². The van der Waals surface area contributed by atoms with E-state index in [4.69, 9.17) is 15.2 Å². The molecule has 1 rings (SSSR count). The molecule has 4 N–H and O–H groups in total. The second-order valence-electron chi connectivity index (χ2n) is 3.13. The van der Waals surface area contributed by atoms with Crippen LogP contribution in [0.1, 0.15) is 32.6 Å². The maximum atomic E-state index is 9.60. The average Bonchev–Trinajstić information content (AvgIpc) is 2.20. The fourth-order valence-electron chi connectivity index (χ4n) is 0.880. The molecule has 1 fully saturated rings. The Hall–Kier alpha value is -1.61. The Labute approximate surface area is 95.4 Å². The van der Waals surface area contributed by atoms with Crippen LogP contribution < -0.4 is 11.1 Å². The van der Waals surface area contributed by atoms with E-state index in [-0.39, 0.29) is 6.42 Å². The Morgan fingerprint density at radius 3 is 1.88 bits per heavy atom. The zero-order valence-electron chi connectivity index (χ0n) is 9.53. The Morgan fingerprint density at radius 2 is 1.81 bits per heavy atom. The maximum Gasteiger partial charge on any atom is 0.300 e. The van der Waals surface area contributed by atoms with E-state index in [1.54, 1.807) is 6.07 Å². The quantitative estimate of drug-likeness (QED) is 0.595. The first-order chi connectivity index (χ1) is 7.50. The monoisotopic (exact) mass is 229 g/mol. The zero-order chi connectivity index (χ0) is 12.8. The summed E-state index contributed by atoms with van der Waals surface area (Å²) < 4.78 is 0. The summed E-state index contributed by atoms with van der Waals surface area (Å²) in [6, 6.07) is 1.59. The summed E-state index contributed by atoms with van der Waals surface area (Å²) >= 11 is 0. The first-order valence-corrected chi connectivity index (χ1v) is 5.06. The van der Waals surface area contributed by atoms with E-state index in [0.717, 1.165) is 6.92 Å². The summed E-state index contributed by atoms with van der Waals surface area (Å²) in [6.45, 7) is 3.58. The van der Waals surface area contributed by atoms with Crippen molar-refractivity contribution in [2.45, 2.75) is 32.6 Å². The minimum absolute atomic E-state index is 0.181. The van der Waals surface area contributed by atoms with Gasteiger partial charge in [-0.25, -0.2) is 0 Å². The van der Waals surface area contributed by atoms with Gasteiger partial charge in [0.25, 0.3) is 5.97 Å². The fourth-order valence-corrected chi connectivity index (χ4v) is 0.880. The smallest absolute Gasteiger partial charge is 0.300 e. The number of hydrogen-bond acceptors (Lipinski definition) is 4. The summed E-state index contributed by atoms with van der Waals surface area (Å²) in [7, 11) is 0. The van der Waals surface area contributed by atoms with E-state index in [2.05, 4.69) is 11.1 Å². The minimum atomic E-state index is -0.833. The van der Waals surface area contributed by atoms with Crippen LogP contribution in [0.2, 0.25) is 0 Å². The molecule has 0 aromatic heterocycles. The number of aliphatic carboxylic acids is 1. The van der Waals surface area contributed by atoms with Gasteiger partial charge in [-0.2, -0.15) is 5.26 Å². The number of piperidine rings is 1. The van der Waals surface area contributed by atoms with Crippen LogP contribution in [0.3, 0.4) is 0 Å². The van der Waals surface area contributed by atoms with Crippen molar-refractivity contribution in [2.75, 3.05) is 13.1 Å². The van der Waals surface area contributed by atoms with E-state index < -0.39 is 11.9 Å². The molecule has 0 radical (unpaired) electrons. The molecule has 92 valence electrons. The SMILES string of the molecule is C1CCNCC1.CC(=O)O.N#CCC(N)=O. The van der Waals surface area contributed by atoms with Crippen molar-refractivity contribution in [3.63, 3.8) is 0 Å². The fraction of sp³-hybridized carbons (Fsp3) is 0.700. The van der Waals surface area contributed by atoms with Crippen LogP contribution in [0, 0.1) is 11.3 Å². The lowest BCUT2D eigenvalue weighted by molar-refractivity contribution is -0.134. The third-order valence-electron chi connectivity index (χ3n) is 1.46. The lowest BCUT2D eigenvalue weighted by atomic mass is 10.2. The molecule has 0 spiro atoms. The molecule has 1 aliphatic heterocycles. The molecule has 1 aliphatic rings. The molecule has 6 nitrogen and oxygen atoms in total. The van der Waals surface area contributed by atoms with Crippen LogP contribution in [0.25, 0.3) is 0 Å². The molecule has 1 saturated heterocycles. The third kappa shape index (κ3) is 29.4. The zero-order valence-corrected chi connectivity index (χ0v) is 9.53. The average molecular weight is 229 g/mol. The highest BCUT2D eigenvalue weighted by Crippen LogP contribution is 1.96. The third-order valence-corrected chi connectivity index (χ3v) is 1.46. The summed E-state index contributed by atoms with van der Waals surface area (Å²) in [6.07, 6.45) is 4.03. The van der Waals surface area contributed by atoms with E-state index in [1.807, 2.05) is 0 Å². The Kier molecular flexibility index (Phi) is 14.1. The van der Waals surface area contributed by atoms with Gasteiger partial charge in [0.15, 0.2) is 0 Å². The highest BCUT2D eigenvalue weighted by atomic mass is 16.4. The number of nitrogens with zero attached hydrogens (tertiary/aromatic N) is 1. The van der Waals surface area contributed by atoms with Crippen molar-refractivity contribution in [1.29, 1.82) is 5.26 Å². The Morgan fingerprint density at radius 1 is 1.38 bits per heavy atom. The number of amides is 1. The molecular weight excluding hydrogens is 210 g/mol. The van der Waals surface area contributed by atoms with Crippen molar-refractivity contribution >= 4 is 11.9 Å². The molecule has 1 heterocycles. The summed E-state index contributed by atoms with van der Waals surface area (Å²) in [4.78, 5) is 18.6. The van der Waals surface area contributed by atoms with Gasteiger partial charge in [0.05, 0.1) is 6.07 Å². The first-order valence-electron chi connectivity index (χ1n) is 5.06. The number of carbonyl (C=O) groups excluding carboxylic acids is 1. The largest absolute Gasteiger partial charge is 0.481 e. The van der Waals surface area contributed by atoms with Gasteiger partial charge in [-0.1, -0.05) is 6.42 Å². The molecule has 0 unspecified atom stereocenters. The van der Waals surface area contributed by atoms with E-state index in [9.17, 15) is 4.79 Å². The normalized spacial score (nSPS) is 13.0. The van der Waals surface area contributed by atoms with Gasteiger partial charge in [-0.15, -0.1) is 0 Å². The van der Waals surface area contributed by atoms with Gasteiger partial charge < -0.3 is 16.2 Å². The van der Waals surface area contributed by atoms with Crippen LogP contribution in [-0.4, -0.2) is 30.1 Å². The van der Waals surface area contributed by atoms with Crippen molar-refractivity contribution in [2.24, 2.45) is 5.73 Å². The van der Waals surface area contributed by atoms with Crippen molar-refractivity contribution in [3.05, 3.63) is 0 Å². The second kappa shape index (κ2) is 13.4. The topological polar surface area (TPSA) is 116 Å². The first kappa shape index (κ1) is 16.8. The van der Waals surface area contributed by atoms with Gasteiger partial charge in [0, 0.05) is 6.92 Å². The number of primary amides is 1. The van der Waals surface area contributed by atoms with Crippen LogP contribution in [0.4, 0.5) is 0 Å². The molecule has 0 aromatic rings. The number of carboxylic acid groups (broad SMARTS) is 1. The van der Waals surface area contributed by atoms with Gasteiger partial charge >= 0.3 is 0 Å². The lowest BCUT2D eigenvalue weighted by Gasteiger charge is -2.08. The van der Waals surface area contributed by atoms with Crippen molar-refractivity contribution in [1.82, 2.24) is 5.32 Å². The number of nitrogens with two attached hydrogens (primary N) is 1. The van der Waals surface area contributed by atoms with E-state index in [0.29, 0.717) is 0 Å². The molecule has 0 aliphatic carbocycles. The van der Waals surface area contributed by atoms with E-state index >= 15 is 0 Å². The summed E-state index contributed by atoms with van der Waals surface area (Å²) in [5.41, 5.74) is 4.54. The maximum absolute atomic E-state index is 9.60. The highest BCUT2D eigenvalue weighted by molar-refractivity contribution is 5.75. The van der Waals surface area contributed by atoms with Crippen LogP contribution >= 0.6 is 0 Å². The molecular formula is C10H19N3O3. The van der Waals surface area contributed by atoms with Crippen LogP contribution in [-0.2, 0) is 9.59 Å². The number of rotatable bonds is 1. The predicted molar refractivity (Wildman–Crippen MR) is 59.5 cm³/mol. The van der Waals surface area contributed by atoms with Gasteiger partial charge in [-0.05, 0) is 25.9 Å². The lowest BCUT2D eigenvalue weighted by Crippen LogP contribution is -2.21. The second-order valence-corrected chi connectivity index (χ2v) is 3.13. The van der Waals surface area contributed by atoms with Crippen LogP contribution in [0.15, 0.2) is 0 Å². The summed E-state index contributed by atoms with van der Waals surface area (Å²) in [5, 5.41) is 18.4. The molecule has 0 saturated carbocycles. The Bertz CT molecular complexity index is 216. The number of hydrogen-bond donors (Lipinski definition) is 3. The number of nitrogens with one attached hydrogen (secondary N) is 1. The molecule has 0 bridgehead atoms. The number of carbonyl (C=O) groups is 2. The number of nitriles is 1. The molecule has 0 atom stereocenters.